The van der Waals surface area contributed by atoms with Crippen molar-refractivity contribution in [1.82, 2.24) is 9.71 Å². The molecule has 1 heterocycles. The van der Waals surface area contributed by atoms with Gasteiger partial charge in [0.1, 0.15) is 28.1 Å². The van der Waals surface area contributed by atoms with E-state index in [0.717, 1.165) is 18.2 Å². The molecule has 3 rings (SSSR count). The Morgan fingerprint density at radius 2 is 1.74 bits per heavy atom. The number of halogens is 3. The second-order valence-corrected chi connectivity index (χ2v) is 7.16. The number of ether oxygens (including phenoxy) is 1. The first-order valence-electron chi connectivity index (χ1n) is 7.67. The average Bonchev–Trinajstić information content (AvgIpc) is 2.61. The Labute approximate surface area is 153 Å². The van der Waals surface area contributed by atoms with E-state index < -0.39 is 32.4 Å². The Bertz CT molecular complexity index is 1070. The van der Waals surface area contributed by atoms with E-state index in [9.17, 15) is 21.6 Å². The molecule has 0 saturated carbocycles. The number of hydrogen-bond acceptors (Lipinski definition) is 4. The second-order valence-electron chi connectivity index (χ2n) is 5.43. The molecule has 0 unspecified atom stereocenters. The van der Waals surface area contributed by atoms with Gasteiger partial charge in [-0.2, -0.15) is 0 Å². The molecule has 1 N–H and O–H groups in total. The van der Waals surface area contributed by atoms with Crippen molar-refractivity contribution < 1.29 is 26.3 Å². The predicted molar refractivity (Wildman–Crippen MR) is 91.1 cm³/mol. The van der Waals surface area contributed by atoms with Gasteiger partial charge >= 0.3 is 0 Å². The number of aromatic nitrogens is 1. The van der Waals surface area contributed by atoms with Crippen molar-refractivity contribution >= 4 is 10.0 Å². The van der Waals surface area contributed by atoms with Gasteiger partial charge in [-0.05, 0) is 30.3 Å². The van der Waals surface area contributed by atoms with Crippen LogP contribution in [0.3, 0.4) is 0 Å². The lowest BCUT2D eigenvalue weighted by molar-refractivity contribution is 0.450. The maximum atomic E-state index is 13.7. The van der Waals surface area contributed by atoms with Gasteiger partial charge in [-0.3, -0.25) is 0 Å². The highest BCUT2D eigenvalue weighted by Gasteiger charge is 2.20. The predicted octanol–water partition coefficient (Wildman–Crippen LogP) is 3.77. The molecule has 0 saturated heterocycles. The van der Waals surface area contributed by atoms with Crippen LogP contribution in [0, 0.1) is 17.5 Å². The van der Waals surface area contributed by atoms with E-state index in [1.165, 1.54) is 24.4 Å². The number of hydrogen-bond donors (Lipinski definition) is 1. The van der Waals surface area contributed by atoms with Gasteiger partial charge in [0.05, 0.1) is 0 Å². The quantitative estimate of drug-likeness (QED) is 0.691. The van der Waals surface area contributed by atoms with Gasteiger partial charge in [-0.1, -0.05) is 12.1 Å². The van der Waals surface area contributed by atoms with Crippen molar-refractivity contribution in [3.05, 3.63) is 83.8 Å². The number of benzene rings is 2. The summed E-state index contributed by atoms with van der Waals surface area (Å²) in [6, 6.07) is 10.6. The van der Waals surface area contributed by atoms with E-state index >= 15 is 0 Å². The highest BCUT2D eigenvalue weighted by molar-refractivity contribution is 7.89. The summed E-state index contributed by atoms with van der Waals surface area (Å²) in [5, 5.41) is 0. The van der Waals surface area contributed by atoms with Gasteiger partial charge in [-0.15, -0.1) is 0 Å². The normalized spacial score (nSPS) is 11.4. The lowest BCUT2D eigenvalue weighted by Crippen LogP contribution is -2.24. The first-order valence-corrected chi connectivity index (χ1v) is 9.15. The van der Waals surface area contributed by atoms with Crippen molar-refractivity contribution in [1.29, 1.82) is 0 Å². The third-order valence-electron chi connectivity index (χ3n) is 3.50. The fraction of sp³-hybridized carbons (Fsp3) is 0.0556. The molecule has 140 valence electrons. The van der Waals surface area contributed by atoms with Gasteiger partial charge < -0.3 is 4.74 Å². The van der Waals surface area contributed by atoms with Crippen molar-refractivity contribution in [3.8, 4) is 11.6 Å². The molecule has 0 bridgehead atoms. The third kappa shape index (κ3) is 4.63. The Morgan fingerprint density at radius 1 is 0.963 bits per heavy atom. The molecule has 27 heavy (non-hydrogen) atoms. The summed E-state index contributed by atoms with van der Waals surface area (Å²) in [5.74, 6) is -2.35. The monoisotopic (exact) mass is 394 g/mol. The minimum absolute atomic E-state index is 0.0605. The van der Waals surface area contributed by atoms with Crippen LogP contribution in [-0.4, -0.2) is 13.4 Å². The largest absolute Gasteiger partial charge is 0.439 e. The molecule has 0 fully saturated rings. The Hall–Kier alpha value is -2.91. The fourth-order valence-electron chi connectivity index (χ4n) is 2.24. The molecular weight excluding hydrogens is 381 g/mol. The van der Waals surface area contributed by atoms with Gasteiger partial charge in [0.25, 0.3) is 0 Å². The minimum atomic E-state index is -4.24. The van der Waals surface area contributed by atoms with Crippen LogP contribution in [0.1, 0.15) is 5.56 Å². The summed E-state index contributed by atoms with van der Waals surface area (Å²) in [7, 11) is -4.24. The molecule has 0 aliphatic carbocycles. The maximum Gasteiger partial charge on any atom is 0.243 e. The molecule has 0 spiro atoms. The summed E-state index contributed by atoms with van der Waals surface area (Å²) < 4.78 is 72.2. The van der Waals surface area contributed by atoms with Crippen LogP contribution in [-0.2, 0) is 16.6 Å². The van der Waals surface area contributed by atoms with E-state index in [0.29, 0.717) is 11.6 Å². The molecule has 0 radical (unpaired) electrons. The molecule has 0 amide bonds. The van der Waals surface area contributed by atoms with Gasteiger partial charge in [-0.25, -0.2) is 31.3 Å². The van der Waals surface area contributed by atoms with Gasteiger partial charge in [0, 0.05) is 30.4 Å². The maximum absolute atomic E-state index is 13.7. The SMILES string of the molecule is O=S(=O)(NCc1cccnc1Oc1cccc(F)c1)c1ccc(F)cc1F. The zero-order chi connectivity index (χ0) is 19.4. The third-order valence-corrected chi connectivity index (χ3v) is 4.93. The van der Waals surface area contributed by atoms with E-state index in [1.807, 2.05) is 0 Å². The smallest absolute Gasteiger partial charge is 0.243 e. The van der Waals surface area contributed by atoms with E-state index in [1.54, 1.807) is 12.1 Å². The van der Waals surface area contributed by atoms with E-state index in [-0.39, 0.29) is 18.2 Å². The number of pyridine rings is 1. The zero-order valence-corrected chi connectivity index (χ0v) is 14.5. The Morgan fingerprint density at radius 3 is 2.48 bits per heavy atom. The Kier molecular flexibility index (Phi) is 5.43. The molecule has 0 aliphatic heterocycles. The summed E-state index contributed by atoms with van der Waals surface area (Å²) in [5.41, 5.74) is 0.341. The first-order chi connectivity index (χ1) is 12.8. The first kappa shape index (κ1) is 18.9. The molecule has 1 aromatic heterocycles. The average molecular weight is 394 g/mol. The van der Waals surface area contributed by atoms with E-state index in [2.05, 4.69) is 9.71 Å². The highest BCUT2D eigenvalue weighted by atomic mass is 32.2. The molecule has 9 heteroatoms. The van der Waals surface area contributed by atoms with Crippen molar-refractivity contribution in [2.45, 2.75) is 11.4 Å². The van der Waals surface area contributed by atoms with Crippen LogP contribution in [0.4, 0.5) is 13.2 Å². The van der Waals surface area contributed by atoms with Crippen LogP contribution >= 0.6 is 0 Å². The van der Waals surface area contributed by atoms with Crippen LogP contribution in [0.25, 0.3) is 0 Å². The molecule has 0 aliphatic rings. The van der Waals surface area contributed by atoms with Gasteiger partial charge in [0.15, 0.2) is 0 Å². The van der Waals surface area contributed by atoms with Crippen molar-refractivity contribution in [3.63, 3.8) is 0 Å². The van der Waals surface area contributed by atoms with Crippen LogP contribution in [0.15, 0.2) is 65.7 Å². The summed E-state index contributed by atoms with van der Waals surface area (Å²) in [6.45, 7) is -0.266. The molecule has 2 aromatic carbocycles. The fourth-order valence-corrected chi connectivity index (χ4v) is 3.30. The lowest BCUT2D eigenvalue weighted by Gasteiger charge is -2.11. The van der Waals surface area contributed by atoms with Crippen molar-refractivity contribution in [2.24, 2.45) is 0 Å². The van der Waals surface area contributed by atoms with Crippen LogP contribution in [0.2, 0.25) is 0 Å². The molecule has 5 nitrogen and oxygen atoms in total. The number of rotatable bonds is 6. The van der Waals surface area contributed by atoms with Crippen LogP contribution in [0.5, 0.6) is 11.6 Å². The second kappa shape index (κ2) is 7.77. The van der Waals surface area contributed by atoms with Crippen molar-refractivity contribution in [2.75, 3.05) is 0 Å². The number of nitrogens with zero attached hydrogens (tertiary/aromatic N) is 1. The summed E-state index contributed by atoms with van der Waals surface area (Å²) in [4.78, 5) is 3.32. The van der Waals surface area contributed by atoms with Crippen LogP contribution < -0.4 is 9.46 Å². The Balaban J connectivity index is 1.80. The topological polar surface area (TPSA) is 68.3 Å². The molecular formula is C18H13F3N2O3S. The van der Waals surface area contributed by atoms with Gasteiger partial charge in [0.2, 0.25) is 15.9 Å². The highest BCUT2D eigenvalue weighted by Crippen LogP contribution is 2.24. The lowest BCUT2D eigenvalue weighted by atomic mass is 10.3. The number of nitrogens with one attached hydrogen (secondary N) is 1. The zero-order valence-electron chi connectivity index (χ0n) is 13.7. The molecule has 0 atom stereocenters. The number of sulfonamides is 1. The van der Waals surface area contributed by atoms with E-state index in [4.69, 9.17) is 4.74 Å². The molecule has 3 aromatic rings. The standard InChI is InChI=1S/C18H13F3N2O3S/c19-13-4-1-5-15(9-13)26-18-12(3-2-8-22-18)11-23-27(24,25)17-7-6-14(20)10-16(17)21/h1-10,23H,11H2. The summed E-state index contributed by atoms with van der Waals surface area (Å²) in [6.07, 6.45) is 1.42. The minimum Gasteiger partial charge on any atom is -0.439 e. The summed E-state index contributed by atoms with van der Waals surface area (Å²) >= 11 is 0.